The van der Waals surface area contributed by atoms with Crippen LogP contribution in [0, 0.1) is 5.92 Å². The Hall–Kier alpha value is -1.10. The third kappa shape index (κ3) is 1.84. The Balaban J connectivity index is 3.04. The van der Waals surface area contributed by atoms with Gasteiger partial charge in [0, 0.05) is 19.5 Å². The standard InChI is InChI=1S/C10H18N2O3/c1-3-8-6-11-5-4-10(8,9(14)15)12(2)7-13/h7-8,11H,3-6H2,1-2H3,(H,14,15). The molecule has 0 radical (unpaired) electrons. The van der Waals surface area contributed by atoms with Crippen molar-refractivity contribution in [1.29, 1.82) is 0 Å². The second kappa shape index (κ2) is 4.61. The van der Waals surface area contributed by atoms with Crippen LogP contribution in [0.25, 0.3) is 0 Å². The number of carbonyl (C=O) groups is 2. The Morgan fingerprint density at radius 1 is 1.73 bits per heavy atom. The molecular weight excluding hydrogens is 196 g/mol. The van der Waals surface area contributed by atoms with Crippen LogP contribution in [0.1, 0.15) is 19.8 Å². The molecule has 0 saturated carbocycles. The third-order valence-corrected chi connectivity index (χ3v) is 3.40. The van der Waals surface area contributed by atoms with Gasteiger partial charge in [-0.15, -0.1) is 0 Å². The summed E-state index contributed by atoms with van der Waals surface area (Å²) in [7, 11) is 1.55. The summed E-state index contributed by atoms with van der Waals surface area (Å²) in [4.78, 5) is 23.5. The minimum atomic E-state index is -1.03. The molecule has 1 heterocycles. The Morgan fingerprint density at radius 2 is 2.40 bits per heavy atom. The lowest BCUT2D eigenvalue weighted by atomic mass is 9.76. The van der Waals surface area contributed by atoms with Gasteiger partial charge in [0.05, 0.1) is 0 Å². The molecule has 15 heavy (non-hydrogen) atoms. The topological polar surface area (TPSA) is 69.6 Å². The Bertz CT molecular complexity index is 257. The summed E-state index contributed by atoms with van der Waals surface area (Å²) in [6.07, 6.45) is 1.83. The fourth-order valence-corrected chi connectivity index (χ4v) is 2.40. The highest BCUT2D eigenvalue weighted by molar-refractivity contribution is 5.82. The van der Waals surface area contributed by atoms with Crippen molar-refractivity contribution in [2.75, 3.05) is 20.1 Å². The molecule has 1 amide bonds. The second-order valence-corrected chi connectivity index (χ2v) is 4.01. The molecule has 2 N–H and O–H groups in total. The van der Waals surface area contributed by atoms with Gasteiger partial charge < -0.3 is 15.3 Å². The molecule has 0 bridgehead atoms. The summed E-state index contributed by atoms with van der Waals surface area (Å²) in [5.74, 6) is -0.926. The van der Waals surface area contributed by atoms with E-state index in [1.165, 1.54) is 4.90 Å². The van der Waals surface area contributed by atoms with Crippen LogP contribution in [0.5, 0.6) is 0 Å². The van der Waals surface area contributed by atoms with E-state index in [9.17, 15) is 14.7 Å². The number of nitrogens with zero attached hydrogens (tertiary/aromatic N) is 1. The summed E-state index contributed by atoms with van der Waals surface area (Å²) >= 11 is 0. The molecule has 0 aromatic heterocycles. The Labute approximate surface area is 89.4 Å². The van der Waals surface area contributed by atoms with Crippen molar-refractivity contribution in [1.82, 2.24) is 10.2 Å². The molecule has 1 saturated heterocycles. The zero-order valence-electron chi connectivity index (χ0n) is 9.19. The van der Waals surface area contributed by atoms with Crippen LogP contribution in [0.3, 0.4) is 0 Å². The quantitative estimate of drug-likeness (QED) is 0.642. The third-order valence-electron chi connectivity index (χ3n) is 3.40. The van der Waals surface area contributed by atoms with Gasteiger partial charge in [0.1, 0.15) is 5.54 Å². The number of rotatable bonds is 4. The fourth-order valence-electron chi connectivity index (χ4n) is 2.40. The van der Waals surface area contributed by atoms with Gasteiger partial charge >= 0.3 is 5.97 Å². The number of hydrogen-bond donors (Lipinski definition) is 2. The van der Waals surface area contributed by atoms with Crippen molar-refractivity contribution in [3.8, 4) is 0 Å². The van der Waals surface area contributed by atoms with Gasteiger partial charge in [-0.3, -0.25) is 4.79 Å². The first kappa shape index (κ1) is 12.0. The van der Waals surface area contributed by atoms with Crippen molar-refractivity contribution in [2.24, 2.45) is 5.92 Å². The van der Waals surface area contributed by atoms with Crippen molar-refractivity contribution >= 4 is 12.4 Å². The molecule has 0 aromatic carbocycles. The van der Waals surface area contributed by atoms with E-state index in [-0.39, 0.29) is 5.92 Å². The predicted octanol–water partition coefficient (Wildman–Crippen LogP) is -0.0825. The summed E-state index contributed by atoms with van der Waals surface area (Å²) < 4.78 is 0. The predicted molar refractivity (Wildman–Crippen MR) is 55.5 cm³/mol. The number of likely N-dealkylation sites (N-methyl/N-ethyl adjacent to an activating group) is 1. The average Bonchev–Trinajstić information content (AvgIpc) is 2.27. The minimum Gasteiger partial charge on any atom is -0.479 e. The summed E-state index contributed by atoms with van der Waals surface area (Å²) in [5.41, 5.74) is -1.03. The van der Waals surface area contributed by atoms with E-state index < -0.39 is 11.5 Å². The summed E-state index contributed by atoms with van der Waals surface area (Å²) in [6, 6.07) is 0. The zero-order chi connectivity index (χ0) is 11.5. The largest absolute Gasteiger partial charge is 0.479 e. The maximum absolute atomic E-state index is 11.4. The minimum absolute atomic E-state index is 0.0288. The molecule has 0 spiro atoms. The van der Waals surface area contributed by atoms with Crippen LogP contribution in [-0.2, 0) is 9.59 Å². The molecule has 5 nitrogen and oxygen atoms in total. The first-order chi connectivity index (χ1) is 7.09. The van der Waals surface area contributed by atoms with Gasteiger partial charge in [0.2, 0.25) is 6.41 Å². The Kier molecular flexibility index (Phi) is 3.68. The molecule has 1 rings (SSSR count). The second-order valence-electron chi connectivity index (χ2n) is 4.01. The van der Waals surface area contributed by atoms with Gasteiger partial charge in [-0.2, -0.15) is 0 Å². The van der Waals surface area contributed by atoms with E-state index in [1.54, 1.807) is 7.05 Å². The molecule has 2 atom stereocenters. The number of carboxylic acid groups (broad SMARTS) is 1. The smallest absolute Gasteiger partial charge is 0.330 e. The van der Waals surface area contributed by atoms with Gasteiger partial charge in [-0.05, 0) is 19.4 Å². The maximum atomic E-state index is 11.4. The van der Waals surface area contributed by atoms with Crippen LogP contribution in [0.15, 0.2) is 0 Å². The summed E-state index contributed by atoms with van der Waals surface area (Å²) in [5, 5.41) is 12.5. The number of carboxylic acids is 1. The molecule has 86 valence electrons. The molecule has 1 fully saturated rings. The highest BCUT2D eigenvalue weighted by atomic mass is 16.4. The Morgan fingerprint density at radius 3 is 2.87 bits per heavy atom. The van der Waals surface area contributed by atoms with E-state index in [0.717, 1.165) is 6.42 Å². The molecular formula is C10H18N2O3. The van der Waals surface area contributed by atoms with Crippen LogP contribution in [0.4, 0.5) is 0 Å². The van der Waals surface area contributed by atoms with Crippen molar-refractivity contribution in [3.63, 3.8) is 0 Å². The zero-order valence-corrected chi connectivity index (χ0v) is 9.19. The SMILES string of the molecule is CCC1CNCCC1(C(=O)O)N(C)C=O. The van der Waals surface area contributed by atoms with E-state index in [0.29, 0.717) is 25.9 Å². The molecule has 5 heteroatoms. The highest BCUT2D eigenvalue weighted by Crippen LogP contribution is 2.32. The fraction of sp³-hybridized carbons (Fsp3) is 0.800. The van der Waals surface area contributed by atoms with Crippen molar-refractivity contribution in [3.05, 3.63) is 0 Å². The van der Waals surface area contributed by atoms with Gasteiger partial charge in [-0.1, -0.05) is 6.92 Å². The van der Waals surface area contributed by atoms with Crippen LogP contribution in [0.2, 0.25) is 0 Å². The number of aliphatic carboxylic acids is 1. The molecule has 2 unspecified atom stereocenters. The molecule has 1 aliphatic heterocycles. The molecule has 0 aromatic rings. The number of carbonyl (C=O) groups excluding carboxylic acids is 1. The normalized spacial score (nSPS) is 30.9. The number of amides is 1. The number of hydrogen-bond acceptors (Lipinski definition) is 3. The van der Waals surface area contributed by atoms with Crippen LogP contribution < -0.4 is 5.32 Å². The monoisotopic (exact) mass is 214 g/mol. The van der Waals surface area contributed by atoms with Crippen molar-refractivity contribution in [2.45, 2.75) is 25.3 Å². The first-order valence-corrected chi connectivity index (χ1v) is 5.22. The molecule has 1 aliphatic rings. The lowest BCUT2D eigenvalue weighted by Gasteiger charge is -2.45. The summed E-state index contributed by atoms with van der Waals surface area (Å²) in [6.45, 7) is 3.25. The number of nitrogens with one attached hydrogen (secondary N) is 1. The first-order valence-electron chi connectivity index (χ1n) is 5.22. The van der Waals surface area contributed by atoms with Crippen molar-refractivity contribution < 1.29 is 14.7 Å². The van der Waals surface area contributed by atoms with E-state index in [2.05, 4.69) is 5.32 Å². The maximum Gasteiger partial charge on any atom is 0.330 e. The van der Waals surface area contributed by atoms with E-state index in [4.69, 9.17) is 0 Å². The highest BCUT2D eigenvalue weighted by Gasteiger charge is 2.49. The van der Waals surface area contributed by atoms with Crippen LogP contribution >= 0.6 is 0 Å². The average molecular weight is 214 g/mol. The lowest BCUT2D eigenvalue weighted by Crippen LogP contribution is -2.63. The van der Waals surface area contributed by atoms with E-state index in [1.807, 2.05) is 6.92 Å². The van der Waals surface area contributed by atoms with Gasteiger partial charge in [-0.25, -0.2) is 4.79 Å². The number of piperidine rings is 1. The lowest BCUT2D eigenvalue weighted by molar-refractivity contribution is -0.160. The van der Waals surface area contributed by atoms with Crippen LogP contribution in [-0.4, -0.2) is 48.1 Å². The molecule has 0 aliphatic carbocycles. The van der Waals surface area contributed by atoms with Gasteiger partial charge in [0.15, 0.2) is 0 Å². The van der Waals surface area contributed by atoms with Gasteiger partial charge in [0.25, 0.3) is 0 Å². The van der Waals surface area contributed by atoms with E-state index >= 15 is 0 Å².